The minimum atomic E-state index is -2.21. The van der Waals surface area contributed by atoms with E-state index in [0.717, 1.165) is 14.2 Å². The Morgan fingerprint density at radius 3 is 1.61 bits per heavy atom. The lowest BCUT2D eigenvalue weighted by molar-refractivity contribution is -0.385. The summed E-state index contributed by atoms with van der Waals surface area (Å²) in [7, 11) is 1.85. The monoisotopic (exact) mass is 1010 g/mol. The molecule has 70 heavy (non-hydrogen) atoms. The molecule has 30 heteroatoms. The van der Waals surface area contributed by atoms with E-state index in [1.165, 1.54) is 24.3 Å². The zero-order chi connectivity index (χ0) is 51.6. The molecule has 0 spiro atoms. The number of benzene rings is 1. The molecule has 0 saturated carbocycles. The van der Waals surface area contributed by atoms with Crippen LogP contribution in [0, 0.1) is 10.1 Å². The zero-order valence-electron chi connectivity index (χ0n) is 37.3. The van der Waals surface area contributed by atoms with Crippen LogP contribution in [0.2, 0.25) is 0 Å². The molecule has 30 nitrogen and oxygen atoms in total. The maximum absolute atomic E-state index is 12.8. The predicted octanol–water partition coefficient (Wildman–Crippen LogP) is -7.17. The summed E-state index contributed by atoms with van der Waals surface area (Å²) in [6.45, 7) is -2.36. The number of rotatable bonds is 21. The van der Waals surface area contributed by atoms with Crippen molar-refractivity contribution in [1.29, 1.82) is 0 Å². The predicted molar refractivity (Wildman–Crippen MR) is 218 cm³/mol. The molecule has 0 aromatic heterocycles. The van der Waals surface area contributed by atoms with Gasteiger partial charge < -0.3 is 114 Å². The van der Waals surface area contributed by atoms with Gasteiger partial charge in [0.2, 0.25) is 5.91 Å². The third kappa shape index (κ3) is 13.6. The highest BCUT2D eigenvalue weighted by molar-refractivity contribution is 5.77. The summed E-state index contributed by atoms with van der Waals surface area (Å²) in [5.41, 5.74) is -0.174. The van der Waals surface area contributed by atoms with Gasteiger partial charge in [0.1, 0.15) is 91.2 Å². The Labute approximate surface area is 396 Å². The first kappa shape index (κ1) is 56.7. The van der Waals surface area contributed by atoms with E-state index >= 15 is 0 Å². The van der Waals surface area contributed by atoms with Gasteiger partial charge in [-0.3, -0.25) is 19.7 Å². The van der Waals surface area contributed by atoms with Crippen LogP contribution in [0.5, 0.6) is 5.75 Å². The van der Waals surface area contributed by atoms with E-state index in [1.54, 1.807) is 0 Å². The van der Waals surface area contributed by atoms with E-state index in [2.05, 4.69) is 14.8 Å². The number of carbonyl (C=O) groups is 4. The molecule has 4 saturated heterocycles. The largest absolute Gasteiger partial charge is 0.467 e. The Kier molecular flexibility index (Phi) is 21.0. The van der Waals surface area contributed by atoms with Crippen molar-refractivity contribution < 1.29 is 132 Å². The van der Waals surface area contributed by atoms with Gasteiger partial charge in [0, 0.05) is 31.5 Å². The first-order valence-electron chi connectivity index (χ1n) is 21.7. The molecule has 12 N–H and O–H groups in total. The van der Waals surface area contributed by atoms with Crippen LogP contribution in [-0.2, 0) is 66.5 Å². The second-order valence-corrected chi connectivity index (χ2v) is 16.2. The Morgan fingerprint density at radius 2 is 1.07 bits per heavy atom. The SMILES string of the molecule is COC(=O)C1OC(OC2C(CO)OC(OC3C(O)C(OC4C(CO)OC(OCCNC(=O)CCCCC(=O)Oc5ccc([N+](=O)[O-])cc5)C(O)C4O)OC(C(=O)OC)C3O)C(O)C2O)C(O)C(O)C1O. The fourth-order valence-electron chi connectivity index (χ4n) is 7.67. The lowest BCUT2D eigenvalue weighted by atomic mass is 9.95. The van der Waals surface area contributed by atoms with Gasteiger partial charge in [0.15, 0.2) is 37.4 Å². The zero-order valence-corrected chi connectivity index (χ0v) is 37.3. The molecule has 1 amide bonds. The topological polar surface area (TPSA) is 448 Å². The first-order valence-corrected chi connectivity index (χ1v) is 21.7. The first-order chi connectivity index (χ1) is 33.3. The molecular formula is C40H58N2O28. The number of nitro groups is 1. The van der Waals surface area contributed by atoms with E-state index < -0.39 is 165 Å². The van der Waals surface area contributed by atoms with Crippen LogP contribution in [0.25, 0.3) is 0 Å². The minimum absolute atomic E-state index is 0.00397. The molecule has 4 aliphatic heterocycles. The number of aliphatic hydroxyl groups is 11. The van der Waals surface area contributed by atoms with Gasteiger partial charge in [0.05, 0.1) is 39.0 Å². The number of esters is 3. The van der Waals surface area contributed by atoms with Crippen molar-refractivity contribution in [1.82, 2.24) is 5.32 Å². The fraction of sp³-hybridized carbons (Fsp3) is 0.750. The normalized spacial score (nSPS) is 37.7. The van der Waals surface area contributed by atoms with E-state index in [9.17, 15) is 85.5 Å². The average molecular weight is 1010 g/mol. The number of non-ortho nitro benzene ring substituents is 1. The quantitative estimate of drug-likeness (QED) is 0.0179. The highest BCUT2D eigenvalue weighted by Crippen LogP contribution is 2.35. The van der Waals surface area contributed by atoms with Gasteiger partial charge in [-0.05, 0) is 25.0 Å². The Balaban J connectivity index is 1.14. The summed E-state index contributed by atoms with van der Waals surface area (Å²) in [6.07, 6.45) is -39.0. The number of nitrogens with zero attached hydrogens (tertiary/aromatic N) is 1. The van der Waals surface area contributed by atoms with Crippen LogP contribution < -0.4 is 10.1 Å². The van der Waals surface area contributed by atoms with Crippen LogP contribution in [0.4, 0.5) is 5.69 Å². The summed E-state index contributed by atoms with van der Waals surface area (Å²) in [4.78, 5) is 59.5. The third-order valence-corrected chi connectivity index (χ3v) is 11.5. The Bertz CT molecular complexity index is 1880. The molecule has 1 aromatic rings. The van der Waals surface area contributed by atoms with E-state index in [1.807, 2.05) is 0 Å². The van der Waals surface area contributed by atoms with Crippen LogP contribution in [0.1, 0.15) is 25.7 Å². The second-order valence-electron chi connectivity index (χ2n) is 16.2. The number of unbranched alkanes of at least 4 members (excludes halogenated alkanes) is 1. The van der Waals surface area contributed by atoms with Crippen molar-refractivity contribution in [2.45, 2.75) is 149 Å². The van der Waals surface area contributed by atoms with Crippen LogP contribution in [-0.4, -0.2) is 248 Å². The summed E-state index contributed by atoms with van der Waals surface area (Å²) < 4.78 is 58.7. The van der Waals surface area contributed by atoms with Crippen molar-refractivity contribution in [3.63, 3.8) is 0 Å². The van der Waals surface area contributed by atoms with Crippen molar-refractivity contribution in [3.05, 3.63) is 34.4 Å². The highest BCUT2D eigenvalue weighted by atomic mass is 16.8. The van der Waals surface area contributed by atoms with E-state index in [4.69, 9.17) is 42.6 Å². The summed E-state index contributed by atoms with van der Waals surface area (Å²) in [5, 5.41) is 132. The molecule has 0 bridgehead atoms. The molecule has 0 radical (unpaired) electrons. The summed E-state index contributed by atoms with van der Waals surface area (Å²) in [6, 6.07) is 4.92. The number of hydrogen-bond donors (Lipinski definition) is 12. The smallest absolute Gasteiger partial charge is 0.337 e. The Morgan fingerprint density at radius 1 is 0.600 bits per heavy atom. The van der Waals surface area contributed by atoms with Gasteiger partial charge >= 0.3 is 17.9 Å². The van der Waals surface area contributed by atoms with Crippen LogP contribution in [0.15, 0.2) is 24.3 Å². The van der Waals surface area contributed by atoms with Gasteiger partial charge in [0.25, 0.3) is 5.69 Å². The van der Waals surface area contributed by atoms with Gasteiger partial charge in [-0.2, -0.15) is 0 Å². The van der Waals surface area contributed by atoms with Crippen molar-refractivity contribution in [2.24, 2.45) is 0 Å². The molecule has 1 aromatic carbocycles. The number of aliphatic hydroxyl groups excluding tert-OH is 11. The highest BCUT2D eigenvalue weighted by Gasteiger charge is 2.57. The maximum atomic E-state index is 12.8. The van der Waals surface area contributed by atoms with Gasteiger partial charge in [-0.25, -0.2) is 9.59 Å². The molecule has 4 aliphatic rings. The molecule has 20 atom stereocenters. The van der Waals surface area contributed by atoms with E-state index in [0.29, 0.717) is 0 Å². The number of hydrogen-bond acceptors (Lipinski definition) is 28. The van der Waals surface area contributed by atoms with Crippen molar-refractivity contribution in [2.75, 3.05) is 40.6 Å². The average Bonchev–Trinajstić information content (AvgIpc) is 3.34. The molecule has 0 aliphatic carbocycles. The molecule has 4 fully saturated rings. The standard InChI is InChI=1S/C40H58N2O28/c1-60-35(56)33-22(48)21(47)25(51)39(69-33)66-31-18(14-44)65-38(27(53)24(31)50)68-32-28(54)34(36(57)61-2)70-40(29(32)55)67-30-17(13-43)64-37(26(52)23(30)49)62-12-11-41-19(45)5-3-4-6-20(46)63-16-9-7-15(8-10-16)42(58)59/h7-10,17-18,21-34,37-40,43-44,47-55H,3-6,11-14H2,1-2H3,(H,41,45). The molecular weight excluding hydrogens is 956 g/mol. The molecule has 5 rings (SSSR count). The molecule has 20 unspecified atom stereocenters. The molecule has 396 valence electrons. The molecule has 4 heterocycles. The summed E-state index contributed by atoms with van der Waals surface area (Å²) >= 11 is 0. The Hall–Kier alpha value is -4.26. The number of ether oxygens (including phenoxy) is 11. The third-order valence-electron chi connectivity index (χ3n) is 11.5. The number of nitro benzene ring substituents is 1. The van der Waals surface area contributed by atoms with Gasteiger partial charge in [-0.1, -0.05) is 0 Å². The summed E-state index contributed by atoms with van der Waals surface area (Å²) in [5.74, 6) is -3.37. The lowest BCUT2D eigenvalue weighted by Gasteiger charge is -2.48. The number of methoxy groups -OCH3 is 2. The fourth-order valence-corrected chi connectivity index (χ4v) is 7.67. The maximum Gasteiger partial charge on any atom is 0.337 e. The minimum Gasteiger partial charge on any atom is -0.467 e. The van der Waals surface area contributed by atoms with Gasteiger partial charge in [-0.15, -0.1) is 0 Å². The lowest BCUT2D eigenvalue weighted by Crippen LogP contribution is -2.68. The van der Waals surface area contributed by atoms with Crippen LogP contribution >= 0.6 is 0 Å². The van der Waals surface area contributed by atoms with Crippen LogP contribution in [0.3, 0.4) is 0 Å². The van der Waals surface area contributed by atoms with E-state index in [-0.39, 0.29) is 50.3 Å². The number of nitrogens with one attached hydrogen (secondary N) is 1. The number of amides is 1. The second kappa shape index (κ2) is 25.9. The van der Waals surface area contributed by atoms with Crippen molar-refractivity contribution in [3.8, 4) is 5.75 Å². The number of carbonyl (C=O) groups excluding carboxylic acids is 4. The van der Waals surface area contributed by atoms with Crippen molar-refractivity contribution >= 4 is 29.5 Å².